The molecule has 23 heavy (non-hydrogen) atoms. The Morgan fingerprint density at radius 1 is 0.913 bits per heavy atom. The molecule has 0 fully saturated rings. The fourth-order valence-corrected chi connectivity index (χ4v) is 3.10. The molecule has 0 spiro atoms. The van der Waals surface area contributed by atoms with E-state index in [4.69, 9.17) is 0 Å². The van der Waals surface area contributed by atoms with E-state index < -0.39 is 0 Å². The van der Waals surface area contributed by atoms with Gasteiger partial charge in [-0.25, -0.2) is 0 Å². The minimum absolute atomic E-state index is 0.177. The first-order chi connectivity index (χ1) is 11.1. The fourth-order valence-electron chi connectivity index (χ4n) is 3.10. The summed E-state index contributed by atoms with van der Waals surface area (Å²) in [5.74, 6) is -0.257. The molecular weight excluding hydrogens is 290 g/mol. The SMILES string of the molecule is CC(=O)CCCCCN1C(=O)c2cccc3cccc(c23)C1=O. The smallest absolute Gasteiger partial charge is 0.261 e. The molecule has 0 saturated heterocycles. The number of imide groups is 1. The van der Waals surface area contributed by atoms with Crippen LogP contribution in [0.3, 0.4) is 0 Å². The summed E-state index contributed by atoms with van der Waals surface area (Å²) in [7, 11) is 0. The number of amides is 2. The van der Waals surface area contributed by atoms with Crippen LogP contribution in [-0.2, 0) is 4.79 Å². The highest BCUT2D eigenvalue weighted by molar-refractivity contribution is 6.25. The number of hydrogen-bond acceptors (Lipinski definition) is 3. The molecule has 0 aromatic heterocycles. The molecule has 2 aromatic carbocycles. The molecule has 1 heterocycles. The predicted octanol–water partition coefficient (Wildman–Crippen LogP) is 3.59. The standard InChI is InChI=1S/C19H19NO3/c1-13(21)7-3-2-4-12-20-18(22)15-10-5-8-14-9-6-11-16(17(14)15)19(20)23/h5-6,8-11H,2-4,7,12H2,1H3. The maximum Gasteiger partial charge on any atom is 0.261 e. The van der Waals surface area contributed by atoms with Gasteiger partial charge in [0.05, 0.1) is 0 Å². The van der Waals surface area contributed by atoms with E-state index in [1.165, 1.54) is 4.90 Å². The van der Waals surface area contributed by atoms with Gasteiger partial charge in [-0.2, -0.15) is 0 Å². The third kappa shape index (κ3) is 2.89. The van der Waals surface area contributed by atoms with Crippen LogP contribution in [-0.4, -0.2) is 29.0 Å². The maximum absolute atomic E-state index is 12.6. The van der Waals surface area contributed by atoms with Crippen molar-refractivity contribution in [1.82, 2.24) is 4.90 Å². The van der Waals surface area contributed by atoms with Crippen molar-refractivity contribution < 1.29 is 14.4 Å². The van der Waals surface area contributed by atoms with Crippen LogP contribution in [0.25, 0.3) is 10.8 Å². The Kier molecular flexibility index (Phi) is 4.24. The molecule has 4 nitrogen and oxygen atoms in total. The molecule has 1 aliphatic heterocycles. The largest absolute Gasteiger partial charge is 0.300 e. The number of ketones is 1. The van der Waals surface area contributed by atoms with E-state index in [0.29, 0.717) is 24.1 Å². The summed E-state index contributed by atoms with van der Waals surface area (Å²) in [4.78, 5) is 37.5. The monoisotopic (exact) mass is 309 g/mol. The van der Waals surface area contributed by atoms with Gasteiger partial charge in [-0.3, -0.25) is 14.5 Å². The van der Waals surface area contributed by atoms with Crippen LogP contribution >= 0.6 is 0 Å². The average Bonchev–Trinajstić information content (AvgIpc) is 2.54. The number of carbonyl (C=O) groups excluding carboxylic acids is 3. The van der Waals surface area contributed by atoms with Crippen LogP contribution in [0.4, 0.5) is 0 Å². The van der Waals surface area contributed by atoms with Crippen molar-refractivity contribution in [3.63, 3.8) is 0 Å². The molecule has 0 unspecified atom stereocenters. The van der Waals surface area contributed by atoms with Gasteiger partial charge in [-0.1, -0.05) is 30.7 Å². The maximum atomic E-state index is 12.6. The van der Waals surface area contributed by atoms with Crippen molar-refractivity contribution in [3.8, 4) is 0 Å². The normalized spacial score (nSPS) is 13.7. The zero-order valence-electron chi connectivity index (χ0n) is 13.2. The Morgan fingerprint density at radius 2 is 1.52 bits per heavy atom. The summed E-state index contributed by atoms with van der Waals surface area (Å²) in [5, 5.41) is 1.68. The summed E-state index contributed by atoms with van der Waals surface area (Å²) >= 11 is 0. The molecule has 118 valence electrons. The number of carbonyl (C=O) groups is 3. The number of nitrogens with zero attached hydrogens (tertiary/aromatic N) is 1. The number of hydrogen-bond donors (Lipinski definition) is 0. The van der Waals surface area contributed by atoms with Crippen LogP contribution < -0.4 is 0 Å². The highest BCUT2D eigenvalue weighted by Crippen LogP contribution is 2.30. The van der Waals surface area contributed by atoms with Crippen LogP contribution in [0.5, 0.6) is 0 Å². The summed E-state index contributed by atoms with van der Waals surface area (Å²) < 4.78 is 0. The molecule has 0 aliphatic carbocycles. The Bertz CT molecular complexity index is 744. The zero-order chi connectivity index (χ0) is 16.4. The van der Waals surface area contributed by atoms with E-state index in [1.54, 1.807) is 19.1 Å². The molecule has 2 amide bonds. The van der Waals surface area contributed by atoms with Gasteiger partial charge in [0.1, 0.15) is 5.78 Å². The lowest BCUT2D eigenvalue weighted by atomic mass is 9.94. The van der Waals surface area contributed by atoms with Crippen molar-refractivity contribution in [2.75, 3.05) is 6.54 Å². The van der Waals surface area contributed by atoms with Crippen molar-refractivity contribution >= 4 is 28.4 Å². The molecule has 0 radical (unpaired) electrons. The van der Waals surface area contributed by atoms with Crippen molar-refractivity contribution in [2.24, 2.45) is 0 Å². The van der Waals surface area contributed by atoms with Crippen molar-refractivity contribution in [1.29, 1.82) is 0 Å². The second kappa shape index (κ2) is 6.32. The van der Waals surface area contributed by atoms with E-state index in [0.717, 1.165) is 30.0 Å². The van der Waals surface area contributed by atoms with Crippen LogP contribution in [0.1, 0.15) is 53.3 Å². The molecule has 0 bridgehead atoms. The third-order valence-electron chi connectivity index (χ3n) is 4.27. The summed E-state index contributed by atoms with van der Waals surface area (Å²) in [6, 6.07) is 11.1. The number of benzene rings is 2. The van der Waals surface area contributed by atoms with Gasteiger partial charge in [-0.15, -0.1) is 0 Å². The van der Waals surface area contributed by atoms with E-state index in [1.807, 2.05) is 24.3 Å². The van der Waals surface area contributed by atoms with E-state index in [9.17, 15) is 14.4 Å². The second-order valence-electron chi connectivity index (χ2n) is 5.98. The topological polar surface area (TPSA) is 54.5 Å². The minimum atomic E-state index is -0.217. The molecule has 1 aliphatic rings. The fraction of sp³-hybridized carbons (Fsp3) is 0.316. The molecule has 2 aromatic rings. The van der Waals surface area contributed by atoms with Crippen LogP contribution in [0.2, 0.25) is 0 Å². The first kappa shape index (κ1) is 15.4. The molecule has 4 heteroatoms. The Balaban J connectivity index is 1.79. The quantitative estimate of drug-likeness (QED) is 0.605. The lowest BCUT2D eigenvalue weighted by molar-refractivity contribution is -0.117. The average molecular weight is 309 g/mol. The Hall–Kier alpha value is -2.49. The van der Waals surface area contributed by atoms with Gasteiger partial charge in [0.25, 0.3) is 11.8 Å². The first-order valence-electron chi connectivity index (χ1n) is 7.97. The lowest BCUT2D eigenvalue weighted by Gasteiger charge is -2.27. The summed E-state index contributed by atoms with van der Waals surface area (Å²) in [6.45, 7) is 1.98. The third-order valence-corrected chi connectivity index (χ3v) is 4.27. The van der Waals surface area contributed by atoms with E-state index in [-0.39, 0.29) is 17.6 Å². The molecular formula is C19H19NO3. The van der Waals surface area contributed by atoms with Crippen molar-refractivity contribution in [2.45, 2.75) is 32.6 Å². The van der Waals surface area contributed by atoms with E-state index >= 15 is 0 Å². The van der Waals surface area contributed by atoms with Gasteiger partial charge < -0.3 is 4.79 Å². The van der Waals surface area contributed by atoms with Gasteiger partial charge in [-0.05, 0) is 37.3 Å². The summed E-state index contributed by atoms with van der Waals surface area (Å²) in [5.41, 5.74) is 1.20. The van der Waals surface area contributed by atoms with Gasteiger partial charge in [0.15, 0.2) is 0 Å². The van der Waals surface area contributed by atoms with Crippen LogP contribution in [0.15, 0.2) is 36.4 Å². The first-order valence-corrected chi connectivity index (χ1v) is 7.97. The Morgan fingerprint density at radius 3 is 2.09 bits per heavy atom. The predicted molar refractivity (Wildman–Crippen MR) is 88.5 cm³/mol. The second-order valence-corrected chi connectivity index (χ2v) is 5.98. The molecule has 0 N–H and O–H groups in total. The highest BCUT2D eigenvalue weighted by atomic mass is 16.2. The number of unbranched alkanes of at least 4 members (excludes halogenated alkanes) is 2. The van der Waals surface area contributed by atoms with Crippen molar-refractivity contribution in [3.05, 3.63) is 47.5 Å². The van der Waals surface area contributed by atoms with Crippen LogP contribution in [0, 0.1) is 0 Å². The molecule has 0 atom stereocenters. The minimum Gasteiger partial charge on any atom is -0.300 e. The lowest BCUT2D eigenvalue weighted by Crippen LogP contribution is -2.40. The molecule has 3 rings (SSSR count). The number of rotatable bonds is 6. The number of Topliss-reactive ketones (excluding diaryl/α,β-unsaturated/α-hetero) is 1. The van der Waals surface area contributed by atoms with Gasteiger partial charge in [0, 0.05) is 29.5 Å². The summed E-state index contributed by atoms with van der Waals surface area (Å²) in [6.07, 6.45) is 2.92. The Labute approximate surface area is 135 Å². The highest BCUT2D eigenvalue weighted by Gasteiger charge is 2.31. The molecule has 0 saturated carbocycles. The zero-order valence-corrected chi connectivity index (χ0v) is 13.2. The van der Waals surface area contributed by atoms with E-state index in [2.05, 4.69) is 0 Å². The van der Waals surface area contributed by atoms with Gasteiger partial charge >= 0.3 is 0 Å². The van der Waals surface area contributed by atoms with Gasteiger partial charge in [0.2, 0.25) is 0 Å².